The molecule has 0 aliphatic heterocycles. The molecule has 0 saturated heterocycles. The average Bonchev–Trinajstić information content (AvgIpc) is 2.53. The molecular weight excluding hydrogens is 322 g/mol. The summed E-state index contributed by atoms with van der Waals surface area (Å²) in [6.45, 7) is 16.4. The molecule has 0 heterocycles. The highest BCUT2D eigenvalue weighted by Gasteiger charge is 2.57. The van der Waals surface area contributed by atoms with Crippen LogP contribution in [0.3, 0.4) is 0 Å². The van der Waals surface area contributed by atoms with Gasteiger partial charge in [0, 0.05) is 5.41 Å². The van der Waals surface area contributed by atoms with Gasteiger partial charge in [-0.15, -0.1) is 0 Å². The minimum atomic E-state index is -0.615. The molecule has 2 aliphatic carbocycles. The molecule has 0 spiro atoms. The van der Waals surface area contributed by atoms with Crippen LogP contribution in [0.4, 0.5) is 0 Å². The maximum atomic E-state index is 12.8. The van der Waals surface area contributed by atoms with Gasteiger partial charge in [0.15, 0.2) is 0 Å². The predicted molar refractivity (Wildman–Crippen MR) is 105 cm³/mol. The third kappa shape index (κ3) is 3.32. The molecular formula is C23H37NO2. The lowest BCUT2D eigenvalue weighted by Crippen LogP contribution is -2.54. The maximum Gasteiger partial charge on any atom is 0.312 e. The molecule has 2 unspecified atom stereocenters. The van der Waals surface area contributed by atoms with Crippen LogP contribution in [0.25, 0.3) is 0 Å². The number of hydrogen-bond donors (Lipinski definition) is 0. The van der Waals surface area contributed by atoms with Crippen LogP contribution in [0.1, 0.15) is 93.9 Å². The predicted octanol–water partition coefficient (Wildman–Crippen LogP) is 6.19. The lowest BCUT2D eigenvalue weighted by atomic mass is 9.48. The van der Waals surface area contributed by atoms with Gasteiger partial charge < -0.3 is 4.74 Å². The minimum Gasteiger partial charge on any atom is -0.458 e. The van der Waals surface area contributed by atoms with Crippen LogP contribution in [0.15, 0.2) is 11.6 Å². The highest BCUT2D eigenvalue weighted by atomic mass is 16.6. The van der Waals surface area contributed by atoms with Gasteiger partial charge in [0.1, 0.15) is 5.60 Å². The van der Waals surface area contributed by atoms with E-state index in [0.717, 1.165) is 38.5 Å². The summed E-state index contributed by atoms with van der Waals surface area (Å²) >= 11 is 0. The Hall–Kier alpha value is -1.30. The zero-order chi connectivity index (χ0) is 20.0. The molecule has 0 N–H and O–H groups in total. The van der Waals surface area contributed by atoms with E-state index in [1.807, 2.05) is 34.6 Å². The Kier molecular flexibility index (Phi) is 5.17. The molecule has 2 bridgehead atoms. The average molecular weight is 360 g/mol. The third-order valence-electron chi connectivity index (χ3n) is 7.71. The summed E-state index contributed by atoms with van der Waals surface area (Å²) in [6.07, 6.45) is 8.34. The third-order valence-corrected chi connectivity index (χ3v) is 7.71. The van der Waals surface area contributed by atoms with Crippen molar-refractivity contribution >= 4 is 5.97 Å². The molecule has 146 valence electrons. The zero-order valence-corrected chi connectivity index (χ0v) is 18.1. The molecule has 26 heavy (non-hydrogen) atoms. The lowest BCUT2D eigenvalue weighted by molar-refractivity contribution is -0.181. The molecule has 2 aliphatic rings. The molecule has 0 aromatic carbocycles. The van der Waals surface area contributed by atoms with Crippen molar-refractivity contribution in [3.63, 3.8) is 0 Å². The minimum absolute atomic E-state index is 0.0389. The Bertz CT molecular complexity index is 650. The van der Waals surface area contributed by atoms with Gasteiger partial charge in [-0.05, 0) is 85.5 Å². The van der Waals surface area contributed by atoms with Crippen LogP contribution >= 0.6 is 0 Å². The van der Waals surface area contributed by atoms with Crippen LogP contribution in [-0.4, -0.2) is 11.6 Å². The molecule has 2 atom stereocenters. The van der Waals surface area contributed by atoms with E-state index >= 15 is 0 Å². The SMILES string of the molecule is CCC(C)(C)C(=O)OC(C)(C)C1(C)C=C2CCCC(C(C)(C)C#N)(C2)C1. The number of allylic oxidation sites excluding steroid dienone is 1. The topological polar surface area (TPSA) is 50.1 Å². The Morgan fingerprint density at radius 2 is 1.88 bits per heavy atom. The first-order valence-electron chi connectivity index (χ1n) is 10.1. The fourth-order valence-corrected chi connectivity index (χ4v) is 4.63. The molecule has 0 amide bonds. The molecule has 2 rings (SSSR count). The summed E-state index contributed by atoms with van der Waals surface area (Å²) in [4.78, 5) is 12.8. The Balaban J connectivity index is 2.42. The van der Waals surface area contributed by atoms with Crippen LogP contribution in [-0.2, 0) is 9.53 Å². The second-order valence-electron chi connectivity index (χ2n) is 10.6. The number of carbonyl (C=O) groups excluding carboxylic acids is 1. The van der Waals surface area contributed by atoms with Crippen molar-refractivity contribution in [3.8, 4) is 6.07 Å². The van der Waals surface area contributed by atoms with Gasteiger partial charge in [0.2, 0.25) is 0 Å². The number of nitriles is 1. The van der Waals surface area contributed by atoms with Gasteiger partial charge >= 0.3 is 5.97 Å². The number of rotatable bonds is 5. The largest absolute Gasteiger partial charge is 0.458 e. The van der Waals surface area contributed by atoms with Crippen LogP contribution in [0.5, 0.6) is 0 Å². The Labute approximate surface area is 160 Å². The maximum absolute atomic E-state index is 12.8. The van der Waals surface area contributed by atoms with E-state index in [4.69, 9.17) is 4.74 Å². The molecule has 0 radical (unpaired) electrons. The molecule has 1 fully saturated rings. The molecule has 0 aromatic rings. The van der Waals surface area contributed by atoms with E-state index in [1.165, 1.54) is 5.57 Å². The Morgan fingerprint density at radius 1 is 1.27 bits per heavy atom. The van der Waals surface area contributed by atoms with Crippen LogP contribution in [0, 0.1) is 33.0 Å². The van der Waals surface area contributed by atoms with E-state index in [1.54, 1.807) is 0 Å². The number of carbonyl (C=O) groups is 1. The van der Waals surface area contributed by atoms with Crippen molar-refractivity contribution in [2.45, 2.75) is 99.5 Å². The van der Waals surface area contributed by atoms with E-state index < -0.39 is 16.4 Å². The fourth-order valence-electron chi connectivity index (χ4n) is 4.63. The smallest absolute Gasteiger partial charge is 0.312 e. The van der Waals surface area contributed by atoms with Gasteiger partial charge in [0.25, 0.3) is 0 Å². The van der Waals surface area contributed by atoms with E-state index in [-0.39, 0.29) is 16.8 Å². The van der Waals surface area contributed by atoms with E-state index in [9.17, 15) is 10.1 Å². The summed E-state index contributed by atoms with van der Waals surface area (Å²) in [5, 5.41) is 9.86. The second kappa shape index (κ2) is 6.39. The first-order chi connectivity index (χ1) is 11.7. The highest BCUT2D eigenvalue weighted by Crippen LogP contribution is 2.62. The normalized spacial score (nSPS) is 29.6. The number of fused-ring (bicyclic) bond motifs is 2. The van der Waals surface area contributed by atoms with Gasteiger partial charge in [-0.2, -0.15) is 5.26 Å². The summed E-state index contributed by atoms with van der Waals surface area (Å²) in [7, 11) is 0. The van der Waals surface area contributed by atoms with E-state index in [2.05, 4.69) is 32.9 Å². The quantitative estimate of drug-likeness (QED) is 0.434. The second-order valence-corrected chi connectivity index (χ2v) is 10.6. The number of nitrogens with zero attached hydrogens (tertiary/aromatic N) is 1. The first-order valence-corrected chi connectivity index (χ1v) is 10.1. The van der Waals surface area contributed by atoms with E-state index in [0.29, 0.717) is 0 Å². The van der Waals surface area contributed by atoms with Gasteiger partial charge in [-0.1, -0.05) is 25.5 Å². The summed E-state index contributed by atoms with van der Waals surface area (Å²) in [6, 6.07) is 2.59. The summed E-state index contributed by atoms with van der Waals surface area (Å²) in [5.74, 6) is -0.131. The highest BCUT2D eigenvalue weighted by molar-refractivity contribution is 5.76. The fraction of sp³-hybridized carbons (Fsp3) is 0.826. The lowest BCUT2D eigenvalue weighted by Gasteiger charge is -2.57. The van der Waals surface area contributed by atoms with Crippen molar-refractivity contribution in [2.24, 2.45) is 21.7 Å². The van der Waals surface area contributed by atoms with Crippen LogP contribution < -0.4 is 0 Å². The Morgan fingerprint density at radius 3 is 2.42 bits per heavy atom. The molecule has 3 nitrogen and oxygen atoms in total. The van der Waals surface area contributed by atoms with Crippen LogP contribution in [0.2, 0.25) is 0 Å². The number of esters is 1. The van der Waals surface area contributed by atoms with Crippen molar-refractivity contribution in [1.29, 1.82) is 5.26 Å². The number of ether oxygens (including phenoxy) is 1. The monoisotopic (exact) mass is 359 g/mol. The summed E-state index contributed by atoms with van der Waals surface area (Å²) in [5.41, 5.74) is -0.355. The van der Waals surface area contributed by atoms with Gasteiger partial charge in [0.05, 0.1) is 16.9 Å². The van der Waals surface area contributed by atoms with Gasteiger partial charge in [-0.3, -0.25) is 4.79 Å². The van der Waals surface area contributed by atoms with Crippen molar-refractivity contribution in [2.75, 3.05) is 0 Å². The number of hydrogen-bond acceptors (Lipinski definition) is 3. The van der Waals surface area contributed by atoms with Crippen molar-refractivity contribution < 1.29 is 9.53 Å². The standard InChI is InChI=1S/C23H37NO2/c1-9-19(2,3)18(25)26-21(6,7)22(8)13-17-11-10-12-23(14-17,15-22)20(4,5)16-24/h13H,9-12,14-15H2,1-8H3. The van der Waals surface area contributed by atoms with Gasteiger partial charge in [-0.25, -0.2) is 0 Å². The molecule has 3 heteroatoms. The summed E-state index contributed by atoms with van der Waals surface area (Å²) < 4.78 is 6.13. The molecule has 1 saturated carbocycles. The van der Waals surface area contributed by atoms with Crippen molar-refractivity contribution in [3.05, 3.63) is 11.6 Å². The zero-order valence-electron chi connectivity index (χ0n) is 18.1. The molecule has 0 aromatic heterocycles. The first kappa shape index (κ1) is 21.0. The van der Waals surface area contributed by atoms with Crippen molar-refractivity contribution in [1.82, 2.24) is 0 Å².